The largest absolute Gasteiger partial charge is 0.320 e. The van der Waals surface area contributed by atoms with Crippen molar-refractivity contribution in [2.75, 3.05) is 0 Å². The van der Waals surface area contributed by atoms with E-state index in [0.717, 1.165) is 24.0 Å². The number of sulfonamides is 1. The van der Waals surface area contributed by atoms with E-state index in [9.17, 15) is 8.42 Å². The first-order valence-corrected chi connectivity index (χ1v) is 11.4. The van der Waals surface area contributed by atoms with Crippen molar-refractivity contribution in [1.82, 2.24) is 4.57 Å². The molecule has 0 radical (unpaired) electrons. The number of benzene rings is 2. The molecule has 0 bridgehead atoms. The van der Waals surface area contributed by atoms with E-state index in [1.54, 1.807) is 12.1 Å². The van der Waals surface area contributed by atoms with E-state index < -0.39 is 10.0 Å². The van der Waals surface area contributed by atoms with Gasteiger partial charge in [-0.2, -0.15) is 8.42 Å². The summed E-state index contributed by atoms with van der Waals surface area (Å²) < 4.78 is 32.7. The second kappa shape index (κ2) is 7.24. The summed E-state index contributed by atoms with van der Waals surface area (Å²) >= 11 is 1.48. The highest BCUT2D eigenvalue weighted by atomic mass is 32.2. The lowest BCUT2D eigenvalue weighted by Gasteiger charge is -2.17. The van der Waals surface area contributed by atoms with Gasteiger partial charge in [-0.1, -0.05) is 64.1 Å². The highest BCUT2D eigenvalue weighted by molar-refractivity contribution is 7.90. The minimum Gasteiger partial charge on any atom is -0.320 e. The molecule has 0 N–H and O–H groups in total. The molecule has 0 amide bonds. The average molecular weight is 403 g/mol. The fraction of sp³-hybridized carbons (Fsp3) is 0.381. The molecule has 0 aliphatic heterocycles. The molecule has 0 aliphatic carbocycles. The summed E-state index contributed by atoms with van der Waals surface area (Å²) in [6, 6.07) is 12.8. The zero-order chi connectivity index (χ0) is 19.8. The minimum absolute atomic E-state index is 0.0543. The first-order valence-electron chi connectivity index (χ1n) is 9.14. The van der Waals surface area contributed by atoms with Crippen molar-refractivity contribution in [2.24, 2.45) is 4.40 Å². The minimum atomic E-state index is -3.82. The highest BCUT2D eigenvalue weighted by Gasteiger charge is 2.23. The second-order valence-corrected chi connectivity index (χ2v) is 10.3. The van der Waals surface area contributed by atoms with Gasteiger partial charge in [-0.3, -0.25) is 0 Å². The third-order valence-corrected chi connectivity index (χ3v) is 7.56. The molecule has 0 unspecified atom stereocenters. The van der Waals surface area contributed by atoms with Crippen LogP contribution in [0.3, 0.4) is 0 Å². The summed E-state index contributed by atoms with van der Waals surface area (Å²) in [5.41, 5.74) is 1.04. The van der Waals surface area contributed by atoms with Gasteiger partial charge in [-0.15, -0.1) is 15.7 Å². The van der Waals surface area contributed by atoms with Crippen LogP contribution in [0.25, 0.3) is 10.8 Å². The number of rotatable bonds is 4. The molecule has 6 heteroatoms. The van der Waals surface area contributed by atoms with Gasteiger partial charge in [0.2, 0.25) is 4.80 Å². The number of hydrogen-bond donors (Lipinski definition) is 0. The quantitative estimate of drug-likeness (QED) is 0.616. The molecular formula is C21H26N2O2S2. The molecular weight excluding hydrogens is 376 g/mol. The lowest BCUT2D eigenvalue weighted by molar-refractivity contribution is 0.577. The molecule has 27 heavy (non-hydrogen) atoms. The number of fused-ring (bicyclic) bond motifs is 1. The van der Waals surface area contributed by atoms with Crippen LogP contribution in [0.4, 0.5) is 0 Å². The Bertz CT molecular complexity index is 1140. The Balaban J connectivity index is 2.26. The number of thiazole rings is 1. The van der Waals surface area contributed by atoms with Crippen LogP contribution >= 0.6 is 11.3 Å². The van der Waals surface area contributed by atoms with Gasteiger partial charge in [-0.25, -0.2) is 0 Å². The maximum atomic E-state index is 13.2. The Morgan fingerprint density at radius 1 is 1.07 bits per heavy atom. The van der Waals surface area contributed by atoms with E-state index in [2.05, 4.69) is 39.0 Å². The summed E-state index contributed by atoms with van der Waals surface area (Å²) in [5, 5.41) is 1.60. The molecule has 1 aromatic heterocycles. The zero-order valence-electron chi connectivity index (χ0n) is 16.5. The van der Waals surface area contributed by atoms with Crippen LogP contribution in [0.2, 0.25) is 0 Å². The van der Waals surface area contributed by atoms with Gasteiger partial charge in [0, 0.05) is 22.5 Å². The van der Waals surface area contributed by atoms with Gasteiger partial charge in [0.25, 0.3) is 10.0 Å². The van der Waals surface area contributed by atoms with Crippen LogP contribution in [-0.2, 0) is 22.0 Å². The van der Waals surface area contributed by atoms with Crippen molar-refractivity contribution in [3.8, 4) is 0 Å². The summed E-state index contributed by atoms with van der Waals surface area (Å²) in [4.78, 5) is 1.97. The van der Waals surface area contributed by atoms with Gasteiger partial charge < -0.3 is 4.57 Å². The van der Waals surface area contributed by atoms with Gasteiger partial charge >= 0.3 is 0 Å². The van der Waals surface area contributed by atoms with Crippen LogP contribution < -0.4 is 4.80 Å². The monoisotopic (exact) mass is 402 g/mol. The topological polar surface area (TPSA) is 51.4 Å². The molecule has 0 fully saturated rings. The van der Waals surface area contributed by atoms with E-state index in [4.69, 9.17) is 0 Å². The molecule has 0 spiro atoms. The number of aromatic nitrogens is 1. The van der Waals surface area contributed by atoms with E-state index >= 15 is 0 Å². The zero-order valence-corrected chi connectivity index (χ0v) is 18.1. The fourth-order valence-corrected chi connectivity index (χ4v) is 5.95. The molecule has 3 aromatic rings. The molecule has 0 saturated heterocycles. The van der Waals surface area contributed by atoms with Crippen LogP contribution in [0, 0.1) is 6.92 Å². The standard InChI is InChI=1S/C21H26N2O2S2/c1-6-14-23-15(2)19(21(3,4)5)26-20(23)22-27(24,25)18-13-9-11-16-10-7-8-12-17(16)18/h7-13H,6,14H2,1-5H3/b22-20-. The van der Waals surface area contributed by atoms with Crippen LogP contribution in [-0.4, -0.2) is 13.0 Å². The van der Waals surface area contributed by atoms with Crippen LogP contribution in [0.1, 0.15) is 44.7 Å². The molecule has 2 aromatic carbocycles. The molecule has 0 aliphatic rings. The molecule has 0 saturated carbocycles. The maximum Gasteiger partial charge on any atom is 0.285 e. The van der Waals surface area contributed by atoms with Crippen LogP contribution in [0.15, 0.2) is 51.8 Å². The Morgan fingerprint density at radius 3 is 2.41 bits per heavy atom. The normalized spacial score (nSPS) is 13.4. The molecule has 3 rings (SSSR count). The summed E-state index contributed by atoms with van der Waals surface area (Å²) in [7, 11) is -3.82. The number of hydrogen-bond acceptors (Lipinski definition) is 3. The van der Waals surface area contributed by atoms with Crippen LogP contribution in [0.5, 0.6) is 0 Å². The van der Waals surface area contributed by atoms with Crippen molar-refractivity contribution in [3.05, 3.63) is 57.8 Å². The van der Waals surface area contributed by atoms with Crippen molar-refractivity contribution in [2.45, 2.75) is 57.9 Å². The Kier molecular flexibility index (Phi) is 5.32. The van der Waals surface area contributed by atoms with E-state index in [1.165, 1.54) is 16.2 Å². The van der Waals surface area contributed by atoms with E-state index in [-0.39, 0.29) is 10.3 Å². The molecule has 1 heterocycles. The lowest BCUT2D eigenvalue weighted by Crippen LogP contribution is -2.19. The molecule has 4 nitrogen and oxygen atoms in total. The molecule has 0 atom stereocenters. The Labute approximate surface area is 165 Å². The van der Waals surface area contributed by atoms with Crippen molar-refractivity contribution >= 4 is 32.1 Å². The molecule has 144 valence electrons. The maximum absolute atomic E-state index is 13.2. The predicted molar refractivity (Wildman–Crippen MR) is 113 cm³/mol. The first kappa shape index (κ1) is 19.8. The van der Waals surface area contributed by atoms with Crippen molar-refractivity contribution in [1.29, 1.82) is 0 Å². The summed E-state index contributed by atoms with van der Waals surface area (Å²) in [5.74, 6) is 0. The van der Waals surface area contributed by atoms with Crippen molar-refractivity contribution < 1.29 is 8.42 Å². The Hall–Kier alpha value is -1.92. The van der Waals surface area contributed by atoms with Crippen molar-refractivity contribution in [3.63, 3.8) is 0 Å². The van der Waals surface area contributed by atoms with E-state index in [1.807, 2.05) is 34.9 Å². The van der Waals surface area contributed by atoms with Gasteiger partial charge in [0.1, 0.15) is 0 Å². The number of nitrogens with zero attached hydrogens (tertiary/aromatic N) is 2. The Morgan fingerprint density at radius 2 is 1.74 bits per heavy atom. The van der Waals surface area contributed by atoms with E-state index in [0.29, 0.717) is 10.2 Å². The predicted octanol–water partition coefficient (Wildman–Crippen LogP) is 5.01. The smallest absolute Gasteiger partial charge is 0.285 e. The highest BCUT2D eigenvalue weighted by Crippen LogP contribution is 2.29. The lowest BCUT2D eigenvalue weighted by atomic mass is 9.93. The van der Waals surface area contributed by atoms with Gasteiger partial charge in [0.05, 0.1) is 4.90 Å². The van der Waals surface area contributed by atoms with Gasteiger partial charge in [-0.05, 0) is 30.2 Å². The summed E-state index contributed by atoms with van der Waals surface area (Å²) in [6.45, 7) is 11.3. The SMILES string of the molecule is CCCn1c(C)c(C(C)(C)C)s/c1=N\S(=O)(=O)c1cccc2ccccc12. The average Bonchev–Trinajstić information content (AvgIpc) is 2.90. The first-order chi connectivity index (χ1) is 12.6. The fourth-order valence-electron chi connectivity index (χ4n) is 3.31. The van der Waals surface area contributed by atoms with Gasteiger partial charge in [0.15, 0.2) is 0 Å². The second-order valence-electron chi connectivity index (χ2n) is 7.74. The summed E-state index contributed by atoms with van der Waals surface area (Å²) in [6.07, 6.45) is 0.919. The third kappa shape index (κ3) is 3.87. The third-order valence-electron chi connectivity index (χ3n) is 4.51.